The van der Waals surface area contributed by atoms with E-state index in [9.17, 15) is 5.11 Å². The fraction of sp³-hybridized carbons (Fsp3) is 0.143. The summed E-state index contributed by atoms with van der Waals surface area (Å²) in [7, 11) is 1.58. The Balaban J connectivity index is 2.09. The Hall–Kier alpha value is -2.36. The van der Waals surface area contributed by atoms with Gasteiger partial charge in [-0.2, -0.15) is 0 Å². The molecule has 2 aromatic rings. The maximum absolute atomic E-state index is 9.18. The highest BCUT2D eigenvalue weighted by atomic mass is 16.5. The molecule has 0 atom stereocenters. The van der Waals surface area contributed by atoms with Crippen LogP contribution in [0.25, 0.3) is 0 Å². The molecule has 0 heterocycles. The summed E-state index contributed by atoms with van der Waals surface area (Å²) in [5, 5.41) is 9.18. The molecule has 0 bridgehead atoms. The average Bonchev–Trinajstić information content (AvgIpc) is 2.38. The van der Waals surface area contributed by atoms with E-state index in [1.54, 1.807) is 49.6 Å². The summed E-state index contributed by atoms with van der Waals surface area (Å²) >= 11 is 0. The first kappa shape index (κ1) is 12.1. The van der Waals surface area contributed by atoms with E-state index in [1.807, 2.05) is 0 Å². The number of ether oxygens (including phenoxy) is 2. The fourth-order valence-electron chi connectivity index (χ4n) is 1.56. The first-order chi connectivity index (χ1) is 8.69. The van der Waals surface area contributed by atoms with Crippen molar-refractivity contribution >= 4 is 5.69 Å². The van der Waals surface area contributed by atoms with Crippen molar-refractivity contribution in [2.45, 2.75) is 6.61 Å². The van der Waals surface area contributed by atoms with Gasteiger partial charge in [-0.25, -0.2) is 0 Å². The van der Waals surface area contributed by atoms with Gasteiger partial charge in [0.25, 0.3) is 0 Å². The van der Waals surface area contributed by atoms with Crippen molar-refractivity contribution in [3.05, 3.63) is 48.0 Å². The molecule has 0 aromatic heterocycles. The summed E-state index contributed by atoms with van der Waals surface area (Å²) in [6.07, 6.45) is 0. The lowest BCUT2D eigenvalue weighted by Crippen LogP contribution is -1.98. The number of methoxy groups -OCH3 is 1. The third-order valence-corrected chi connectivity index (χ3v) is 2.52. The lowest BCUT2D eigenvalue weighted by atomic mass is 10.2. The topological polar surface area (TPSA) is 64.7 Å². The molecule has 0 aliphatic rings. The number of rotatable bonds is 4. The predicted octanol–water partition coefficient (Wildman–Crippen LogP) is 2.56. The summed E-state index contributed by atoms with van der Waals surface area (Å²) in [5.41, 5.74) is 7.28. The van der Waals surface area contributed by atoms with Crippen molar-refractivity contribution in [1.82, 2.24) is 0 Å². The van der Waals surface area contributed by atoms with Gasteiger partial charge in [0.1, 0.15) is 12.4 Å². The van der Waals surface area contributed by atoms with Crippen LogP contribution in [0, 0.1) is 0 Å². The monoisotopic (exact) mass is 245 g/mol. The molecule has 3 N–H and O–H groups in total. The van der Waals surface area contributed by atoms with Crippen molar-refractivity contribution in [2.24, 2.45) is 0 Å². The van der Waals surface area contributed by atoms with Gasteiger partial charge in [-0.1, -0.05) is 12.1 Å². The Bertz CT molecular complexity index is 523. The van der Waals surface area contributed by atoms with E-state index in [2.05, 4.69) is 0 Å². The molecule has 0 saturated heterocycles. The molecule has 0 spiro atoms. The highest BCUT2D eigenvalue weighted by Crippen LogP contribution is 2.29. The van der Waals surface area contributed by atoms with Crippen LogP contribution in [-0.4, -0.2) is 12.2 Å². The summed E-state index contributed by atoms with van der Waals surface area (Å²) < 4.78 is 10.8. The largest absolute Gasteiger partial charge is 0.508 e. The summed E-state index contributed by atoms with van der Waals surface area (Å²) in [6.45, 7) is 0.389. The van der Waals surface area contributed by atoms with E-state index >= 15 is 0 Å². The van der Waals surface area contributed by atoms with Crippen LogP contribution < -0.4 is 15.2 Å². The van der Waals surface area contributed by atoms with Gasteiger partial charge in [-0.15, -0.1) is 0 Å². The number of phenolic OH excluding ortho intramolecular Hbond substituents is 1. The zero-order valence-electron chi connectivity index (χ0n) is 10.1. The van der Waals surface area contributed by atoms with Crippen molar-refractivity contribution in [2.75, 3.05) is 12.8 Å². The minimum Gasteiger partial charge on any atom is -0.508 e. The molecule has 18 heavy (non-hydrogen) atoms. The predicted molar refractivity (Wildman–Crippen MR) is 69.8 cm³/mol. The van der Waals surface area contributed by atoms with Crippen molar-refractivity contribution in [1.29, 1.82) is 0 Å². The SMILES string of the molecule is COc1ccc(N)cc1OCc1ccc(O)cc1. The van der Waals surface area contributed by atoms with Crippen LogP contribution in [0.3, 0.4) is 0 Å². The number of hydrogen-bond acceptors (Lipinski definition) is 4. The quantitative estimate of drug-likeness (QED) is 0.812. The van der Waals surface area contributed by atoms with E-state index in [1.165, 1.54) is 0 Å². The molecule has 0 saturated carbocycles. The summed E-state index contributed by atoms with van der Waals surface area (Å²) in [6, 6.07) is 12.1. The Kier molecular flexibility index (Phi) is 3.57. The normalized spacial score (nSPS) is 10.1. The van der Waals surface area contributed by atoms with Gasteiger partial charge in [-0.3, -0.25) is 0 Å². The lowest BCUT2D eigenvalue weighted by Gasteiger charge is -2.11. The van der Waals surface area contributed by atoms with Crippen LogP contribution in [0.15, 0.2) is 42.5 Å². The van der Waals surface area contributed by atoms with E-state index < -0.39 is 0 Å². The van der Waals surface area contributed by atoms with Gasteiger partial charge in [0.05, 0.1) is 7.11 Å². The Morgan fingerprint density at radius 2 is 1.78 bits per heavy atom. The van der Waals surface area contributed by atoms with Gasteiger partial charge in [0.2, 0.25) is 0 Å². The molecule has 4 heteroatoms. The van der Waals surface area contributed by atoms with Gasteiger partial charge >= 0.3 is 0 Å². The number of aromatic hydroxyl groups is 1. The van der Waals surface area contributed by atoms with Crippen LogP contribution in [0.2, 0.25) is 0 Å². The van der Waals surface area contributed by atoms with Crippen molar-refractivity contribution in [3.8, 4) is 17.2 Å². The van der Waals surface area contributed by atoms with Gasteiger partial charge < -0.3 is 20.3 Å². The molecule has 2 aromatic carbocycles. The maximum Gasteiger partial charge on any atom is 0.163 e. The van der Waals surface area contributed by atoms with Crippen LogP contribution in [0.4, 0.5) is 5.69 Å². The van der Waals surface area contributed by atoms with E-state index in [0.717, 1.165) is 5.56 Å². The van der Waals surface area contributed by atoms with Crippen LogP contribution in [0.1, 0.15) is 5.56 Å². The molecule has 0 radical (unpaired) electrons. The zero-order chi connectivity index (χ0) is 13.0. The smallest absolute Gasteiger partial charge is 0.163 e. The number of anilines is 1. The molecule has 0 aliphatic heterocycles. The molecular formula is C14H15NO3. The Labute approximate surface area is 106 Å². The number of nitrogen functional groups attached to an aromatic ring is 1. The number of nitrogens with two attached hydrogens (primary N) is 1. The van der Waals surface area contributed by atoms with Crippen LogP contribution in [0.5, 0.6) is 17.2 Å². The summed E-state index contributed by atoms with van der Waals surface area (Å²) in [5.74, 6) is 1.48. The van der Waals surface area contributed by atoms with Crippen LogP contribution >= 0.6 is 0 Å². The molecular weight excluding hydrogens is 230 g/mol. The highest BCUT2D eigenvalue weighted by molar-refractivity contribution is 5.52. The number of benzene rings is 2. The fourth-order valence-corrected chi connectivity index (χ4v) is 1.56. The number of phenols is 1. The van der Waals surface area contributed by atoms with E-state index in [0.29, 0.717) is 23.8 Å². The average molecular weight is 245 g/mol. The minimum atomic E-state index is 0.236. The van der Waals surface area contributed by atoms with Crippen molar-refractivity contribution < 1.29 is 14.6 Å². The van der Waals surface area contributed by atoms with E-state index in [4.69, 9.17) is 15.2 Å². The zero-order valence-corrected chi connectivity index (χ0v) is 10.1. The molecule has 0 unspecified atom stereocenters. The van der Waals surface area contributed by atoms with Crippen molar-refractivity contribution in [3.63, 3.8) is 0 Å². The number of hydrogen-bond donors (Lipinski definition) is 2. The Morgan fingerprint density at radius 1 is 1.06 bits per heavy atom. The second kappa shape index (κ2) is 5.31. The third-order valence-electron chi connectivity index (χ3n) is 2.52. The highest BCUT2D eigenvalue weighted by Gasteiger charge is 2.05. The standard InChI is InChI=1S/C14H15NO3/c1-17-13-7-4-11(15)8-14(13)18-9-10-2-5-12(16)6-3-10/h2-8,16H,9,15H2,1H3. The molecule has 94 valence electrons. The van der Waals surface area contributed by atoms with Crippen LogP contribution in [-0.2, 0) is 6.61 Å². The molecule has 4 nitrogen and oxygen atoms in total. The van der Waals surface area contributed by atoms with Gasteiger partial charge in [0, 0.05) is 11.8 Å². The van der Waals surface area contributed by atoms with Gasteiger partial charge in [0.15, 0.2) is 11.5 Å². The first-order valence-corrected chi connectivity index (χ1v) is 5.53. The first-order valence-electron chi connectivity index (χ1n) is 5.53. The minimum absolute atomic E-state index is 0.236. The molecule has 0 amide bonds. The summed E-state index contributed by atoms with van der Waals surface area (Å²) in [4.78, 5) is 0. The lowest BCUT2D eigenvalue weighted by molar-refractivity contribution is 0.284. The second-order valence-corrected chi connectivity index (χ2v) is 3.87. The Morgan fingerprint density at radius 3 is 2.44 bits per heavy atom. The van der Waals surface area contributed by atoms with Gasteiger partial charge in [-0.05, 0) is 29.8 Å². The second-order valence-electron chi connectivity index (χ2n) is 3.87. The van der Waals surface area contributed by atoms with E-state index in [-0.39, 0.29) is 5.75 Å². The molecule has 2 rings (SSSR count). The molecule has 0 fully saturated rings. The third kappa shape index (κ3) is 2.85. The maximum atomic E-state index is 9.18. The molecule has 0 aliphatic carbocycles.